The van der Waals surface area contributed by atoms with Gasteiger partial charge in [-0.15, -0.1) is 12.4 Å². The Morgan fingerprint density at radius 1 is 1.39 bits per heavy atom. The number of likely N-dealkylation sites (tertiary alicyclic amines) is 1. The van der Waals surface area contributed by atoms with Crippen LogP contribution in [0.3, 0.4) is 0 Å². The zero-order chi connectivity index (χ0) is 12.3. The number of carbonyl (C=O) groups excluding carboxylic acids is 1. The molecule has 106 valence electrons. The van der Waals surface area contributed by atoms with Crippen molar-refractivity contribution < 1.29 is 4.79 Å². The second-order valence-corrected chi connectivity index (χ2v) is 5.69. The van der Waals surface area contributed by atoms with Crippen LogP contribution < -0.4 is 11.1 Å². The lowest BCUT2D eigenvalue weighted by Crippen LogP contribution is -2.41. The lowest BCUT2D eigenvalue weighted by Gasteiger charge is -2.19. The highest BCUT2D eigenvalue weighted by molar-refractivity contribution is 5.85. The second kappa shape index (κ2) is 7.31. The maximum absolute atomic E-state index is 11.8. The highest BCUT2D eigenvalue weighted by atomic mass is 35.5. The fourth-order valence-corrected chi connectivity index (χ4v) is 2.98. The fraction of sp³-hybridized carbons (Fsp3) is 0.923. The van der Waals surface area contributed by atoms with E-state index in [1.165, 1.54) is 12.8 Å². The molecular weight excluding hydrogens is 250 g/mol. The van der Waals surface area contributed by atoms with Gasteiger partial charge in [0.15, 0.2) is 0 Å². The molecule has 1 aliphatic heterocycles. The summed E-state index contributed by atoms with van der Waals surface area (Å²) in [7, 11) is 0. The van der Waals surface area contributed by atoms with Gasteiger partial charge in [-0.05, 0) is 38.6 Å². The molecular formula is C13H26ClN3O. The predicted octanol–water partition coefficient (Wildman–Crippen LogP) is 1.14. The molecule has 0 radical (unpaired) electrons. The standard InChI is InChI=1S/C13H25N3O.ClH/c1-10(14)11-6-7-16(8-11)9-13(17)15-12-4-2-3-5-12;/h10-12H,2-9,14H2,1H3,(H,15,17);1H. The highest BCUT2D eigenvalue weighted by Crippen LogP contribution is 2.19. The first kappa shape index (κ1) is 15.7. The minimum absolute atomic E-state index is 0. The fourth-order valence-electron chi connectivity index (χ4n) is 2.98. The van der Waals surface area contributed by atoms with Gasteiger partial charge in [-0.25, -0.2) is 0 Å². The number of carbonyl (C=O) groups is 1. The smallest absolute Gasteiger partial charge is 0.234 e. The molecule has 1 aliphatic carbocycles. The Morgan fingerprint density at radius 2 is 2.06 bits per heavy atom. The lowest BCUT2D eigenvalue weighted by molar-refractivity contribution is -0.122. The molecule has 2 rings (SSSR count). The Morgan fingerprint density at radius 3 is 2.61 bits per heavy atom. The number of amides is 1. The molecule has 0 aromatic rings. The molecule has 2 aliphatic rings. The summed E-state index contributed by atoms with van der Waals surface area (Å²) in [6, 6.07) is 0.687. The summed E-state index contributed by atoms with van der Waals surface area (Å²) >= 11 is 0. The van der Waals surface area contributed by atoms with Crippen LogP contribution in [0.25, 0.3) is 0 Å². The number of nitrogens with one attached hydrogen (secondary N) is 1. The van der Waals surface area contributed by atoms with E-state index in [1.807, 2.05) is 0 Å². The second-order valence-electron chi connectivity index (χ2n) is 5.69. The van der Waals surface area contributed by atoms with Crippen molar-refractivity contribution >= 4 is 18.3 Å². The van der Waals surface area contributed by atoms with Crippen molar-refractivity contribution in [3.63, 3.8) is 0 Å². The van der Waals surface area contributed by atoms with Gasteiger partial charge >= 0.3 is 0 Å². The molecule has 2 atom stereocenters. The highest BCUT2D eigenvalue weighted by Gasteiger charge is 2.27. The van der Waals surface area contributed by atoms with Gasteiger partial charge in [0.25, 0.3) is 0 Å². The Bertz CT molecular complexity index is 267. The van der Waals surface area contributed by atoms with Crippen LogP contribution in [-0.4, -0.2) is 42.5 Å². The van der Waals surface area contributed by atoms with Crippen LogP contribution >= 0.6 is 12.4 Å². The molecule has 0 spiro atoms. The summed E-state index contributed by atoms with van der Waals surface area (Å²) in [5.74, 6) is 0.761. The van der Waals surface area contributed by atoms with Crippen LogP contribution in [-0.2, 0) is 4.79 Å². The Labute approximate surface area is 116 Å². The Hall–Kier alpha value is -0.320. The number of nitrogens with zero attached hydrogens (tertiary/aromatic N) is 1. The monoisotopic (exact) mass is 275 g/mol. The van der Waals surface area contributed by atoms with Crippen LogP contribution in [0.4, 0.5) is 0 Å². The van der Waals surface area contributed by atoms with Gasteiger partial charge < -0.3 is 11.1 Å². The lowest BCUT2D eigenvalue weighted by atomic mass is 10.0. The molecule has 2 fully saturated rings. The first-order valence-corrected chi connectivity index (χ1v) is 6.92. The minimum atomic E-state index is 0. The minimum Gasteiger partial charge on any atom is -0.352 e. The number of nitrogens with two attached hydrogens (primary N) is 1. The van der Waals surface area contributed by atoms with Crippen LogP contribution in [0.5, 0.6) is 0 Å². The van der Waals surface area contributed by atoms with Gasteiger partial charge in [0.05, 0.1) is 6.54 Å². The molecule has 1 saturated carbocycles. The summed E-state index contributed by atoms with van der Waals surface area (Å²) in [5, 5.41) is 3.14. The van der Waals surface area contributed by atoms with Crippen molar-refractivity contribution in [3.05, 3.63) is 0 Å². The van der Waals surface area contributed by atoms with E-state index < -0.39 is 0 Å². The average molecular weight is 276 g/mol. The van der Waals surface area contributed by atoms with Gasteiger partial charge in [-0.1, -0.05) is 12.8 Å². The summed E-state index contributed by atoms with van der Waals surface area (Å²) in [6.45, 7) is 4.62. The van der Waals surface area contributed by atoms with Crippen LogP contribution in [0, 0.1) is 5.92 Å². The predicted molar refractivity (Wildman–Crippen MR) is 75.8 cm³/mol. The summed E-state index contributed by atoms with van der Waals surface area (Å²) in [6.07, 6.45) is 5.99. The first-order valence-electron chi connectivity index (χ1n) is 6.92. The van der Waals surface area contributed by atoms with Crippen molar-refractivity contribution in [2.75, 3.05) is 19.6 Å². The molecule has 0 bridgehead atoms. The van der Waals surface area contributed by atoms with E-state index in [2.05, 4.69) is 17.1 Å². The van der Waals surface area contributed by atoms with Crippen LogP contribution in [0.1, 0.15) is 39.0 Å². The summed E-state index contributed by atoms with van der Waals surface area (Å²) < 4.78 is 0. The topological polar surface area (TPSA) is 58.4 Å². The van der Waals surface area contributed by atoms with Gasteiger partial charge in [0.2, 0.25) is 5.91 Å². The van der Waals surface area contributed by atoms with E-state index in [-0.39, 0.29) is 24.4 Å². The average Bonchev–Trinajstić information content (AvgIpc) is 2.88. The van der Waals surface area contributed by atoms with Crippen LogP contribution in [0.2, 0.25) is 0 Å². The van der Waals surface area contributed by atoms with Crippen molar-refractivity contribution in [2.45, 2.75) is 51.1 Å². The number of hydrogen-bond donors (Lipinski definition) is 2. The van der Waals surface area contributed by atoms with E-state index in [0.29, 0.717) is 18.5 Å². The number of hydrogen-bond acceptors (Lipinski definition) is 3. The largest absolute Gasteiger partial charge is 0.352 e. The normalized spacial score (nSPS) is 26.9. The van der Waals surface area contributed by atoms with Gasteiger partial charge in [0.1, 0.15) is 0 Å². The van der Waals surface area contributed by atoms with E-state index in [9.17, 15) is 4.79 Å². The molecule has 1 saturated heterocycles. The zero-order valence-electron chi connectivity index (χ0n) is 11.2. The molecule has 4 nitrogen and oxygen atoms in total. The van der Waals surface area contributed by atoms with Crippen molar-refractivity contribution in [1.29, 1.82) is 0 Å². The van der Waals surface area contributed by atoms with Crippen molar-refractivity contribution in [3.8, 4) is 0 Å². The van der Waals surface area contributed by atoms with E-state index in [0.717, 1.165) is 32.4 Å². The third-order valence-electron chi connectivity index (χ3n) is 4.14. The number of halogens is 1. The quantitative estimate of drug-likeness (QED) is 0.809. The maximum Gasteiger partial charge on any atom is 0.234 e. The SMILES string of the molecule is CC(N)C1CCN(CC(=O)NC2CCCC2)C1.Cl. The van der Waals surface area contributed by atoms with Gasteiger partial charge in [0, 0.05) is 18.6 Å². The summed E-state index contributed by atoms with van der Waals surface area (Å²) in [5.41, 5.74) is 5.90. The van der Waals surface area contributed by atoms with E-state index in [4.69, 9.17) is 5.73 Å². The molecule has 18 heavy (non-hydrogen) atoms. The Balaban J connectivity index is 0.00000162. The molecule has 1 amide bonds. The molecule has 0 aromatic heterocycles. The third-order valence-corrected chi connectivity index (χ3v) is 4.14. The van der Waals surface area contributed by atoms with Crippen molar-refractivity contribution in [1.82, 2.24) is 10.2 Å². The van der Waals surface area contributed by atoms with Crippen molar-refractivity contribution in [2.24, 2.45) is 11.7 Å². The van der Waals surface area contributed by atoms with E-state index in [1.54, 1.807) is 0 Å². The van der Waals surface area contributed by atoms with Crippen LogP contribution in [0.15, 0.2) is 0 Å². The molecule has 3 N–H and O–H groups in total. The zero-order valence-corrected chi connectivity index (χ0v) is 12.0. The van der Waals surface area contributed by atoms with Gasteiger partial charge in [-0.2, -0.15) is 0 Å². The Kier molecular flexibility index (Phi) is 6.39. The molecule has 2 unspecified atom stereocenters. The summed E-state index contributed by atoms with van der Waals surface area (Å²) in [4.78, 5) is 14.1. The third kappa shape index (κ3) is 4.41. The van der Waals surface area contributed by atoms with Gasteiger partial charge in [-0.3, -0.25) is 9.69 Å². The molecule has 5 heteroatoms. The van der Waals surface area contributed by atoms with E-state index >= 15 is 0 Å². The first-order chi connectivity index (χ1) is 8.15. The molecule has 1 heterocycles. The molecule has 0 aromatic carbocycles. The number of rotatable bonds is 4. The maximum atomic E-state index is 11.8.